The highest BCUT2D eigenvalue weighted by Gasteiger charge is 2.24. The van der Waals surface area contributed by atoms with E-state index in [0.717, 1.165) is 31.2 Å². The third kappa shape index (κ3) is 5.13. The first-order chi connectivity index (χ1) is 13.9. The third-order valence-corrected chi connectivity index (χ3v) is 6.90. The minimum Gasteiger partial charge on any atom is -0.354 e. The maximum Gasteiger partial charge on any atom is 0.243 e. The molecule has 1 fully saturated rings. The van der Waals surface area contributed by atoms with Crippen LogP contribution in [0.25, 0.3) is 12.2 Å². The van der Waals surface area contributed by atoms with Crippen molar-refractivity contribution in [3.63, 3.8) is 0 Å². The van der Waals surface area contributed by atoms with E-state index in [1.807, 2.05) is 0 Å². The Morgan fingerprint density at radius 1 is 1.14 bits per heavy atom. The number of carbonyl (C=O) groups excluding carboxylic acids is 1. The first kappa shape index (κ1) is 21.3. The summed E-state index contributed by atoms with van der Waals surface area (Å²) >= 11 is 0. The minimum absolute atomic E-state index is 0.117. The highest BCUT2D eigenvalue weighted by Crippen LogP contribution is 2.24. The first-order valence-corrected chi connectivity index (χ1v) is 11.4. The number of aryl methyl sites for hydroxylation is 1. The number of carbonyl (C=O) groups is 1. The molecule has 0 radical (unpaired) electrons. The van der Waals surface area contributed by atoms with Crippen LogP contribution >= 0.6 is 0 Å². The lowest BCUT2D eigenvalue weighted by Crippen LogP contribution is -2.31. The molecule has 0 atom stereocenters. The zero-order valence-electron chi connectivity index (χ0n) is 16.8. The van der Waals surface area contributed by atoms with Gasteiger partial charge in [0.15, 0.2) is 5.76 Å². The van der Waals surface area contributed by atoms with Crippen molar-refractivity contribution in [3.05, 3.63) is 41.3 Å². The van der Waals surface area contributed by atoms with Gasteiger partial charge in [-0.3, -0.25) is 4.79 Å². The summed E-state index contributed by atoms with van der Waals surface area (Å²) in [5.74, 6) is 0.333. The molecule has 1 saturated heterocycles. The predicted molar refractivity (Wildman–Crippen MR) is 113 cm³/mol. The topological polar surface area (TPSA) is 92.5 Å². The lowest BCUT2D eigenvalue weighted by Gasteiger charge is -2.19. The van der Waals surface area contributed by atoms with E-state index in [-0.39, 0.29) is 5.91 Å². The van der Waals surface area contributed by atoms with Crippen LogP contribution in [0.15, 0.2) is 33.7 Å². The third-order valence-electron chi connectivity index (χ3n) is 4.98. The molecule has 0 spiro atoms. The molecule has 1 aromatic carbocycles. The number of anilines is 1. The van der Waals surface area contributed by atoms with Crippen LogP contribution in [0.5, 0.6) is 0 Å². The van der Waals surface area contributed by atoms with Gasteiger partial charge in [0.25, 0.3) is 0 Å². The van der Waals surface area contributed by atoms with E-state index in [1.54, 1.807) is 54.6 Å². The van der Waals surface area contributed by atoms with Gasteiger partial charge in [0.05, 0.1) is 4.90 Å². The summed E-state index contributed by atoms with van der Waals surface area (Å²) in [6, 6.07) is 6.78. The second-order valence-corrected chi connectivity index (χ2v) is 9.07. The highest BCUT2D eigenvalue weighted by molar-refractivity contribution is 7.89. The van der Waals surface area contributed by atoms with Gasteiger partial charge in [-0.15, -0.1) is 0 Å². The Bertz CT molecular complexity index is 970. The highest BCUT2D eigenvalue weighted by atomic mass is 32.2. The van der Waals surface area contributed by atoms with Crippen LogP contribution in [0.2, 0.25) is 0 Å². The van der Waals surface area contributed by atoms with Crippen molar-refractivity contribution in [2.75, 3.05) is 18.4 Å². The molecule has 1 aliphatic heterocycles. The van der Waals surface area contributed by atoms with E-state index in [9.17, 15) is 13.2 Å². The van der Waals surface area contributed by atoms with Gasteiger partial charge in [-0.25, -0.2) is 8.42 Å². The van der Waals surface area contributed by atoms with Crippen LogP contribution in [0.4, 0.5) is 5.69 Å². The Morgan fingerprint density at radius 3 is 2.41 bits per heavy atom. The molecular formula is C21H27N3O4S. The molecule has 1 aliphatic rings. The molecule has 156 valence electrons. The van der Waals surface area contributed by atoms with Gasteiger partial charge in [0.1, 0.15) is 11.4 Å². The molecule has 0 aliphatic carbocycles. The van der Waals surface area contributed by atoms with Crippen molar-refractivity contribution < 1.29 is 17.7 Å². The number of rotatable bonds is 6. The van der Waals surface area contributed by atoms with Crippen molar-refractivity contribution in [2.24, 2.45) is 0 Å². The van der Waals surface area contributed by atoms with Gasteiger partial charge in [-0.1, -0.05) is 43.1 Å². The van der Waals surface area contributed by atoms with Crippen molar-refractivity contribution in [1.82, 2.24) is 9.46 Å². The van der Waals surface area contributed by atoms with Gasteiger partial charge in [-0.2, -0.15) is 4.31 Å². The zero-order valence-corrected chi connectivity index (χ0v) is 17.7. The van der Waals surface area contributed by atoms with Crippen molar-refractivity contribution in [2.45, 2.75) is 50.8 Å². The number of nitrogens with one attached hydrogen (secondary N) is 1. The van der Waals surface area contributed by atoms with E-state index in [2.05, 4.69) is 10.5 Å². The Labute approximate surface area is 171 Å². The van der Waals surface area contributed by atoms with Gasteiger partial charge >= 0.3 is 0 Å². The summed E-state index contributed by atoms with van der Waals surface area (Å²) in [4.78, 5) is 12.0. The molecule has 0 saturated carbocycles. The van der Waals surface area contributed by atoms with Crippen LogP contribution in [-0.2, 0) is 14.8 Å². The number of benzene rings is 1. The molecule has 1 N–H and O–H groups in total. The van der Waals surface area contributed by atoms with Crippen molar-refractivity contribution in [3.8, 4) is 0 Å². The summed E-state index contributed by atoms with van der Waals surface area (Å²) in [5, 5.41) is 6.68. The number of nitrogens with zero attached hydrogens (tertiary/aromatic N) is 2. The molecule has 1 aromatic heterocycles. The molecule has 29 heavy (non-hydrogen) atoms. The standard InChI is InChI=1S/C21H27N3O4S/c1-3-20(25)22-21-16(2)23-28-19(21)13-10-17-8-11-18(12-9-17)29(26,27)24-14-6-4-5-7-15-24/h8-13H,3-7,14-15H2,1-2H3,(H,22,25)/b13-10-. The second kappa shape index (κ2) is 9.37. The van der Waals surface area contributed by atoms with Crippen LogP contribution < -0.4 is 5.32 Å². The molecule has 3 rings (SSSR count). The van der Waals surface area contributed by atoms with E-state index in [0.29, 0.717) is 41.5 Å². The summed E-state index contributed by atoms with van der Waals surface area (Å²) in [6.07, 6.45) is 7.85. The Hall–Kier alpha value is -2.45. The van der Waals surface area contributed by atoms with Gasteiger partial charge < -0.3 is 9.84 Å². The fourth-order valence-corrected chi connectivity index (χ4v) is 4.75. The van der Waals surface area contributed by atoms with Gasteiger partial charge in [-0.05, 0) is 43.5 Å². The SMILES string of the molecule is CCC(=O)Nc1c(C)noc1/C=C\c1ccc(S(=O)(=O)N2CCCCCC2)cc1. The molecule has 2 aromatic rings. The van der Waals surface area contributed by atoms with E-state index >= 15 is 0 Å². The molecular weight excluding hydrogens is 390 g/mol. The number of aromatic nitrogens is 1. The fourth-order valence-electron chi connectivity index (χ4n) is 3.23. The summed E-state index contributed by atoms with van der Waals surface area (Å²) in [6.45, 7) is 4.70. The summed E-state index contributed by atoms with van der Waals surface area (Å²) in [5.41, 5.74) is 1.97. The number of amides is 1. The normalized spacial score (nSPS) is 16.1. The second-order valence-electron chi connectivity index (χ2n) is 7.13. The molecule has 0 bridgehead atoms. The monoisotopic (exact) mass is 417 g/mol. The quantitative estimate of drug-likeness (QED) is 0.765. The Kier molecular flexibility index (Phi) is 6.87. The number of sulfonamides is 1. The first-order valence-electron chi connectivity index (χ1n) is 9.96. The largest absolute Gasteiger partial charge is 0.354 e. The van der Waals surface area contributed by atoms with Crippen LogP contribution in [0.3, 0.4) is 0 Å². The smallest absolute Gasteiger partial charge is 0.243 e. The average molecular weight is 418 g/mol. The summed E-state index contributed by atoms with van der Waals surface area (Å²) < 4.78 is 32.6. The van der Waals surface area contributed by atoms with Crippen LogP contribution in [0, 0.1) is 6.92 Å². The lowest BCUT2D eigenvalue weighted by atomic mass is 10.2. The van der Waals surface area contributed by atoms with E-state index < -0.39 is 10.0 Å². The lowest BCUT2D eigenvalue weighted by molar-refractivity contribution is -0.115. The van der Waals surface area contributed by atoms with Crippen LogP contribution in [0.1, 0.15) is 56.0 Å². The predicted octanol–water partition coefficient (Wildman–Crippen LogP) is 4.07. The molecule has 0 unspecified atom stereocenters. The van der Waals surface area contributed by atoms with Gasteiger partial charge in [0.2, 0.25) is 15.9 Å². The zero-order chi connectivity index (χ0) is 20.9. The van der Waals surface area contributed by atoms with Gasteiger partial charge in [0, 0.05) is 19.5 Å². The van der Waals surface area contributed by atoms with Crippen molar-refractivity contribution >= 4 is 33.8 Å². The maximum absolute atomic E-state index is 12.9. The maximum atomic E-state index is 12.9. The Balaban J connectivity index is 1.75. The van der Waals surface area contributed by atoms with E-state index in [1.165, 1.54) is 0 Å². The number of hydrogen-bond acceptors (Lipinski definition) is 5. The molecule has 8 heteroatoms. The number of hydrogen-bond donors (Lipinski definition) is 1. The fraction of sp³-hybridized carbons (Fsp3) is 0.429. The summed E-state index contributed by atoms with van der Waals surface area (Å²) in [7, 11) is -3.46. The molecule has 1 amide bonds. The molecule has 2 heterocycles. The minimum atomic E-state index is -3.46. The molecule has 7 nitrogen and oxygen atoms in total. The van der Waals surface area contributed by atoms with Crippen LogP contribution in [-0.4, -0.2) is 36.9 Å². The van der Waals surface area contributed by atoms with E-state index in [4.69, 9.17) is 4.52 Å². The Morgan fingerprint density at radius 2 is 1.79 bits per heavy atom. The van der Waals surface area contributed by atoms with Crippen molar-refractivity contribution in [1.29, 1.82) is 0 Å². The average Bonchev–Trinajstić information content (AvgIpc) is 2.92.